The first-order valence-electron chi connectivity index (χ1n) is 6.07. The lowest BCUT2D eigenvalue weighted by atomic mass is 10.1. The highest BCUT2D eigenvalue weighted by molar-refractivity contribution is 5.63. The number of ether oxygens (including phenoxy) is 1. The molecule has 0 fully saturated rings. The van der Waals surface area contributed by atoms with E-state index in [-0.39, 0.29) is 0 Å². The van der Waals surface area contributed by atoms with Gasteiger partial charge in [0.2, 0.25) is 5.88 Å². The van der Waals surface area contributed by atoms with Gasteiger partial charge >= 0.3 is 0 Å². The van der Waals surface area contributed by atoms with Crippen molar-refractivity contribution < 1.29 is 4.74 Å². The van der Waals surface area contributed by atoms with Crippen LogP contribution in [0.5, 0.6) is 11.6 Å². The van der Waals surface area contributed by atoms with Gasteiger partial charge in [-0.25, -0.2) is 4.98 Å². The SMILES string of the molecule is [c]1ccc(Oc2ccc(-c3ccccc3)cc2)nc1. The van der Waals surface area contributed by atoms with E-state index in [1.165, 1.54) is 11.1 Å². The van der Waals surface area contributed by atoms with Crippen LogP contribution < -0.4 is 4.74 Å². The van der Waals surface area contributed by atoms with Gasteiger partial charge in [-0.15, -0.1) is 0 Å². The Morgan fingerprint density at radius 1 is 0.789 bits per heavy atom. The van der Waals surface area contributed by atoms with E-state index in [2.05, 4.69) is 23.2 Å². The molecular formula is C17H12NO. The fourth-order valence-electron chi connectivity index (χ4n) is 1.83. The predicted molar refractivity (Wildman–Crippen MR) is 75.0 cm³/mol. The van der Waals surface area contributed by atoms with Crippen molar-refractivity contribution in [2.24, 2.45) is 0 Å². The number of nitrogens with zero attached hydrogens (tertiary/aromatic N) is 1. The largest absolute Gasteiger partial charge is 0.439 e. The Kier molecular flexibility index (Phi) is 3.24. The monoisotopic (exact) mass is 246 g/mol. The van der Waals surface area contributed by atoms with Crippen molar-refractivity contribution in [1.29, 1.82) is 0 Å². The zero-order valence-corrected chi connectivity index (χ0v) is 10.3. The third-order valence-corrected chi connectivity index (χ3v) is 2.77. The summed E-state index contributed by atoms with van der Waals surface area (Å²) in [4.78, 5) is 4.08. The Bertz CT molecular complexity index is 633. The van der Waals surface area contributed by atoms with Crippen molar-refractivity contribution in [3.8, 4) is 22.8 Å². The highest BCUT2D eigenvalue weighted by Crippen LogP contribution is 2.24. The molecule has 1 radical (unpaired) electrons. The van der Waals surface area contributed by atoms with Crippen LogP contribution in [-0.2, 0) is 0 Å². The quantitative estimate of drug-likeness (QED) is 0.685. The fourth-order valence-corrected chi connectivity index (χ4v) is 1.83. The number of aromatic nitrogens is 1. The average Bonchev–Trinajstić information content (AvgIpc) is 2.50. The van der Waals surface area contributed by atoms with E-state index in [0.717, 1.165) is 5.75 Å². The molecule has 0 atom stereocenters. The Balaban J connectivity index is 1.80. The zero-order valence-electron chi connectivity index (χ0n) is 10.3. The predicted octanol–water partition coefficient (Wildman–Crippen LogP) is 4.34. The van der Waals surface area contributed by atoms with Crippen molar-refractivity contribution in [2.75, 3.05) is 0 Å². The molecule has 1 heterocycles. The second kappa shape index (κ2) is 5.36. The maximum Gasteiger partial charge on any atom is 0.219 e. The van der Waals surface area contributed by atoms with E-state index in [1.54, 1.807) is 18.3 Å². The summed E-state index contributed by atoms with van der Waals surface area (Å²) in [7, 11) is 0. The summed E-state index contributed by atoms with van der Waals surface area (Å²) in [5.41, 5.74) is 2.36. The van der Waals surface area contributed by atoms with E-state index in [9.17, 15) is 0 Å². The van der Waals surface area contributed by atoms with Crippen LogP contribution in [0.3, 0.4) is 0 Å². The van der Waals surface area contributed by atoms with Gasteiger partial charge in [0.15, 0.2) is 0 Å². The minimum absolute atomic E-state index is 0.575. The maximum absolute atomic E-state index is 5.64. The number of pyridine rings is 1. The summed E-state index contributed by atoms with van der Waals surface area (Å²) in [5.74, 6) is 1.35. The minimum Gasteiger partial charge on any atom is -0.439 e. The topological polar surface area (TPSA) is 22.1 Å². The number of rotatable bonds is 3. The van der Waals surface area contributed by atoms with Crippen LogP contribution >= 0.6 is 0 Å². The van der Waals surface area contributed by atoms with Gasteiger partial charge in [0.1, 0.15) is 5.75 Å². The molecule has 0 aliphatic rings. The Labute approximate surface area is 112 Å². The molecule has 0 bridgehead atoms. The molecule has 0 saturated heterocycles. The van der Waals surface area contributed by atoms with Crippen molar-refractivity contribution in [3.63, 3.8) is 0 Å². The van der Waals surface area contributed by atoms with Crippen molar-refractivity contribution >= 4 is 0 Å². The van der Waals surface area contributed by atoms with Crippen molar-refractivity contribution in [1.82, 2.24) is 4.98 Å². The van der Waals surface area contributed by atoms with Gasteiger partial charge in [-0.05, 0) is 29.3 Å². The lowest BCUT2D eigenvalue weighted by Gasteiger charge is -2.05. The van der Waals surface area contributed by atoms with Gasteiger partial charge < -0.3 is 4.74 Å². The summed E-state index contributed by atoms with van der Waals surface area (Å²) >= 11 is 0. The molecule has 0 N–H and O–H groups in total. The third-order valence-electron chi connectivity index (χ3n) is 2.77. The second-order valence-corrected chi connectivity index (χ2v) is 4.09. The highest BCUT2D eigenvalue weighted by Gasteiger charge is 1.99. The van der Waals surface area contributed by atoms with Crippen molar-refractivity contribution in [3.05, 3.63) is 79.0 Å². The summed E-state index contributed by atoms with van der Waals surface area (Å²) in [6.45, 7) is 0. The molecule has 0 spiro atoms. The van der Waals surface area contributed by atoms with Crippen LogP contribution in [0.4, 0.5) is 0 Å². The summed E-state index contributed by atoms with van der Waals surface area (Å²) in [6.07, 6.45) is 1.59. The molecule has 19 heavy (non-hydrogen) atoms. The van der Waals surface area contributed by atoms with Gasteiger partial charge in [0, 0.05) is 18.3 Å². The first-order chi connectivity index (χ1) is 9.42. The first-order valence-corrected chi connectivity index (χ1v) is 6.07. The standard InChI is InChI=1S/C17H12NO/c1-2-6-14(7-3-1)15-9-11-16(12-10-15)19-17-8-4-5-13-18-17/h1-4,6-13H. The van der Waals surface area contributed by atoms with Gasteiger partial charge in [0.25, 0.3) is 0 Å². The van der Waals surface area contributed by atoms with Crippen LogP contribution in [0.1, 0.15) is 0 Å². The van der Waals surface area contributed by atoms with Crippen LogP contribution in [0.25, 0.3) is 11.1 Å². The second-order valence-electron chi connectivity index (χ2n) is 4.09. The molecule has 2 heteroatoms. The molecule has 3 aromatic rings. The lowest BCUT2D eigenvalue weighted by molar-refractivity contribution is 0.463. The van der Waals surface area contributed by atoms with Gasteiger partial charge in [-0.2, -0.15) is 0 Å². The van der Waals surface area contributed by atoms with Crippen LogP contribution in [-0.4, -0.2) is 4.98 Å². The van der Waals surface area contributed by atoms with Crippen LogP contribution in [0.2, 0.25) is 0 Å². The first kappa shape index (κ1) is 11.5. The summed E-state index contributed by atoms with van der Waals surface area (Å²) < 4.78 is 5.64. The summed E-state index contributed by atoms with van der Waals surface area (Å²) in [6, 6.07) is 24.6. The molecule has 91 valence electrons. The molecule has 0 amide bonds. The molecule has 0 saturated carbocycles. The van der Waals surface area contributed by atoms with E-state index < -0.39 is 0 Å². The molecule has 1 aromatic heterocycles. The van der Waals surface area contributed by atoms with Crippen molar-refractivity contribution in [2.45, 2.75) is 0 Å². The lowest BCUT2D eigenvalue weighted by Crippen LogP contribution is -1.86. The molecule has 0 aliphatic carbocycles. The normalized spacial score (nSPS) is 10.1. The van der Waals surface area contributed by atoms with Gasteiger partial charge in [-0.3, -0.25) is 0 Å². The highest BCUT2D eigenvalue weighted by atomic mass is 16.5. The Morgan fingerprint density at radius 3 is 2.21 bits per heavy atom. The average molecular weight is 246 g/mol. The van der Waals surface area contributed by atoms with Gasteiger partial charge in [-0.1, -0.05) is 42.5 Å². The molecule has 2 nitrogen and oxygen atoms in total. The summed E-state index contributed by atoms with van der Waals surface area (Å²) in [5, 5.41) is 0. The van der Waals surface area contributed by atoms with Crippen LogP contribution in [0, 0.1) is 6.07 Å². The van der Waals surface area contributed by atoms with E-state index in [0.29, 0.717) is 5.88 Å². The Morgan fingerprint density at radius 2 is 1.53 bits per heavy atom. The molecule has 0 aliphatic heterocycles. The van der Waals surface area contributed by atoms with E-state index >= 15 is 0 Å². The molecule has 3 rings (SSSR count). The molecular weight excluding hydrogens is 234 g/mol. The smallest absolute Gasteiger partial charge is 0.219 e. The van der Waals surface area contributed by atoms with E-state index in [1.807, 2.05) is 42.5 Å². The molecule has 2 aromatic carbocycles. The number of benzene rings is 2. The number of hydrogen-bond donors (Lipinski definition) is 0. The van der Waals surface area contributed by atoms with Gasteiger partial charge in [0.05, 0.1) is 0 Å². The maximum atomic E-state index is 5.64. The minimum atomic E-state index is 0.575. The third kappa shape index (κ3) is 2.80. The van der Waals surface area contributed by atoms with E-state index in [4.69, 9.17) is 4.74 Å². The number of hydrogen-bond acceptors (Lipinski definition) is 2. The molecule has 0 unspecified atom stereocenters. The zero-order chi connectivity index (χ0) is 12.9. The Hall–Kier alpha value is -2.61. The fraction of sp³-hybridized carbons (Fsp3) is 0. The van der Waals surface area contributed by atoms with Crippen LogP contribution in [0.15, 0.2) is 72.9 Å².